The van der Waals surface area contributed by atoms with Gasteiger partial charge in [-0.1, -0.05) is 0 Å². The van der Waals surface area contributed by atoms with E-state index in [4.69, 9.17) is 14.7 Å². The second-order valence-electron chi connectivity index (χ2n) is 3.11. The van der Waals surface area contributed by atoms with Gasteiger partial charge >= 0.3 is 0 Å². The molecule has 0 bridgehead atoms. The molecule has 0 aliphatic carbocycles. The number of nitrogens with one attached hydrogen (secondary N) is 1. The molecule has 17 heavy (non-hydrogen) atoms. The van der Waals surface area contributed by atoms with Crippen LogP contribution in [0, 0.1) is 11.3 Å². The molecular formula is C11H12N2O3S. The first kappa shape index (κ1) is 13.2. The Balaban J connectivity index is 3.01. The lowest BCUT2D eigenvalue weighted by molar-refractivity contribution is -0.115. The number of amides is 1. The standard InChI is InChI=1S/C11H12N2O3S/c1-15-8-5-7(13-11(14)3-4-12)10(17)6-9(8)16-2/h5-6,17H,3H2,1-2H3,(H,13,14). The van der Waals surface area contributed by atoms with Crippen molar-refractivity contribution >= 4 is 24.2 Å². The monoisotopic (exact) mass is 252 g/mol. The smallest absolute Gasteiger partial charge is 0.238 e. The molecule has 0 unspecified atom stereocenters. The van der Waals surface area contributed by atoms with Gasteiger partial charge in [0.05, 0.1) is 26.0 Å². The first-order valence-electron chi connectivity index (χ1n) is 4.74. The van der Waals surface area contributed by atoms with Crippen LogP contribution in [-0.2, 0) is 4.79 Å². The van der Waals surface area contributed by atoms with Crippen molar-refractivity contribution in [2.75, 3.05) is 19.5 Å². The lowest BCUT2D eigenvalue weighted by atomic mass is 10.2. The topological polar surface area (TPSA) is 71.3 Å². The van der Waals surface area contributed by atoms with Crippen LogP contribution in [0.3, 0.4) is 0 Å². The largest absolute Gasteiger partial charge is 0.493 e. The number of ether oxygens (including phenoxy) is 2. The molecule has 1 rings (SSSR count). The Kier molecular flexibility index (Phi) is 4.67. The zero-order valence-corrected chi connectivity index (χ0v) is 10.4. The Morgan fingerprint density at radius 2 is 2.00 bits per heavy atom. The molecule has 0 saturated carbocycles. The molecule has 90 valence electrons. The van der Waals surface area contributed by atoms with E-state index >= 15 is 0 Å². The zero-order chi connectivity index (χ0) is 12.8. The summed E-state index contributed by atoms with van der Waals surface area (Å²) < 4.78 is 10.2. The number of nitrogens with zero attached hydrogens (tertiary/aromatic N) is 1. The van der Waals surface area contributed by atoms with Crippen molar-refractivity contribution < 1.29 is 14.3 Å². The molecule has 6 heteroatoms. The van der Waals surface area contributed by atoms with Gasteiger partial charge in [0.25, 0.3) is 0 Å². The quantitative estimate of drug-likeness (QED) is 0.802. The minimum Gasteiger partial charge on any atom is -0.493 e. The molecule has 1 aromatic rings. The number of thiol groups is 1. The van der Waals surface area contributed by atoms with Gasteiger partial charge in [0.1, 0.15) is 6.42 Å². The van der Waals surface area contributed by atoms with Crippen LogP contribution in [0.1, 0.15) is 6.42 Å². The fraction of sp³-hybridized carbons (Fsp3) is 0.273. The molecule has 0 aromatic heterocycles. The second-order valence-corrected chi connectivity index (χ2v) is 3.59. The summed E-state index contributed by atoms with van der Waals surface area (Å²) in [5.74, 6) is 0.614. The molecule has 0 radical (unpaired) electrons. The first-order valence-corrected chi connectivity index (χ1v) is 5.19. The highest BCUT2D eigenvalue weighted by molar-refractivity contribution is 7.80. The van der Waals surface area contributed by atoms with Gasteiger partial charge < -0.3 is 14.8 Å². The van der Waals surface area contributed by atoms with E-state index in [1.807, 2.05) is 0 Å². The highest BCUT2D eigenvalue weighted by atomic mass is 32.1. The van der Waals surface area contributed by atoms with Crippen molar-refractivity contribution in [3.05, 3.63) is 12.1 Å². The van der Waals surface area contributed by atoms with Crippen LogP contribution < -0.4 is 14.8 Å². The fourth-order valence-corrected chi connectivity index (χ4v) is 1.47. The highest BCUT2D eigenvalue weighted by Gasteiger charge is 2.11. The number of rotatable bonds is 4. The van der Waals surface area contributed by atoms with Crippen molar-refractivity contribution in [1.29, 1.82) is 5.26 Å². The highest BCUT2D eigenvalue weighted by Crippen LogP contribution is 2.35. The molecule has 0 spiro atoms. The van der Waals surface area contributed by atoms with Gasteiger partial charge in [-0.05, 0) is 6.07 Å². The second kappa shape index (κ2) is 6.01. The summed E-state index contributed by atoms with van der Waals surface area (Å²) in [6.45, 7) is 0. The summed E-state index contributed by atoms with van der Waals surface area (Å²) in [4.78, 5) is 11.8. The van der Waals surface area contributed by atoms with Crippen LogP contribution in [-0.4, -0.2) is 20.1 Å². The van der Waals surface area contributed by atoms with Gasteiger partial charge in [-0.25, -0.2) is 0 Å². The Labute approximate surface area is 105 Å². The predicted molar refractivity (Wildman–Crippen MR) is 65.7 cm³/mol. The van der Waals surface area contributed by atoms with Crippen LogP contribution in [0.4, 0.5) is 5.69 Å². The van der Waals surface area contributed by atoms with Gasteiger partial charge in [0.15, 0.2) is 11.5 Å². The van der Waals surface area contributed by atoms with E-state index in [0.717, 1.165) is 0 Å². The normalized spacial score (nSPS) is 9.29. The molecule has 1 amide bonds. The average molecular weight is 252 g/mol. The van der Waals surface area contributed by atoms with Crippen molar-refractivity contribution in [1.82, 2.24) is 0 Å². The molecule has 0 aliphatic rings. The third kappa shape index (κ3) is 3.29. The van der Waals surface area contributed by atoms with Crippen molar-refractivity contribution in [3.8, 4) is 17.6 Å². The third-order valence-electron chi connectivity index (χ3n) is 2.02. The minimum atomic E-state index is -0.394. The molecule has 0 heterocycles. The maximum Gasteiger partial charge on any atom is 0.238 e. The maximum atomic E-state index is 11.3. The summed E-state index contributed by atoms with van der Waals surface area (Å²) in [7, 11) is 3.01. The van der Waals surface area contributed by atoms with E-state index in [2.05, 4.69) is 17.9 Å². The molecule has 0 saturated heterocycles. The SMILES string of the molecule is COc1cc(S)c(NC(=O)CC#N)cc1OC. The number of carbonyl (C=O) groups is 1. The third-order valence-corrected chi connectivity index (χ3v) is 2.39. The number of anilines is 1. The first-order chi connectivity index (χ1) is 8.12. The van der Waals surface area contributed by atoms with Crippen molar-refractivity contribution in [2.24, 2.45) is 0 Å². The lowest BCUT2D eigenvalue weighted by Crippen LogP contribution is -2.10. The number of benzene rings is 1. The molecule has 0 aliphatic heterocycles. The van der Waals surface area contributed by atoms with Crippen LogP contribution in [0.15, 0.2) is 17.0 Å². The fourth-order valence-electron chi connectivity index (χ4n) is 1.23. The number of carbonyl (C=O) groups excluding carboxylic acids is 1. The minimum absolute atomic E-state index is 0.207. The Morgan fingerprint density at radius 1 is 1.41 bits per heavy atom. The van der Waals surface area contributed by atoms with Gasteiger partial charge in [0.2, 0.25) is 5.91 Å². The number of hydrogen-bond donors (Lipinski definition) is 2. The maximum absolute atomic E-state index is 11.3. The lowest BCUT2D eigenvalue weighted by Gasteiger charge is -2.12. The number of nitriles is 1. The van der Waals surface area contributed by atoms with Crippen molar-refractivity contribution in [3.63, 3.8) is 0 Å². The molecule has 5 nitrogen and oxygen atoms in total. The molecular weight excluding hydrogens is 240 g/mol. The Hall–Kier alpha value is -1.87. The van der Waals surface area contributed by atoms with Crippen molar-refractivity contribution in [2.45, 2.75) is 11.3 Å². The molecule has 1 N–H and O–H groups in total. The molecule has 0 fully saturated rings. The average Bonchev–Trinajstić information content (AvgIpc) is 2.31. The summed E-state index contributed by atoms with van der Waals surface area (Å²) in [6, 6.07) is 4.99. The van der Waals surface area contributed by atoms with Crippen LogP contribution >= 0.6 is 12.6 Å². The summed E-state index contributed by atoms with van der Waals surface area (Å²) >= 11 is 4.22. The van der Waals surface area contributed by atoms with Gasteiger partial charge in [-0.15, -0.1) is 12.6 Å². The van der Waals surface area contributed by atoms with Gasteiger partial charge in [-0.2, -0.15) is 5.26 Å². The molecule has 1 aromatic carbocycles. The van der Waals surface area contributed by atoms with Gasteiger partial charge in [0, 0.05) is 11.0 Å². The van der Waals surface area contributed by atoms with Crippen LogP contribution in [0.25, 0.3) is 0 Å². The van der Waals surface area contributed by atoms with E-state index in [1.54, 1.807) is 18.2 Å². The van der Waals surface area contributed by atoms with E-state index in [0.29, 0.717) is 22.1 Å². The predicted octanol–water partition coefficient (Wildman–Crippen LogP) is 1.84. The summed E-state index contributed by atoms with van der Waals surface area (Å²) in [5, 5.41) is 11.0. The number of hydrogen-bond acceptors (Lipinski definition) is 5. The van der Waals surface area contributed by atoms with E-state index in [-0.39, 0.29) is 6.42 Å². The Bertz CT molecular complexity index is 469. The van der Waals surface area contributed by atoms with Crippen LogP contribution in [0.5, 0.6) is 11.5 Å². The van der Waals surface area contributed by atoms with Crippen LogP contribution in [0.2, 0.25) is 0 Å². The summed E-state index contributed by atoms with van der Waals surface area (Å²) in [6.07, 6.45) is -0.207. The Morgan fingerprint density at radius 3 is 2.53 bits per heavy atom. The zero-order valence-electron chi connectivity index (χ0n) is 9.48. The van der Waals surface area contributed by atoms with E-state index in [1.165, 1.54) is 14.2 Å². The molecule has 0 atom stereocenters. The number of methoxy groups -OCH3 is 2. The van der Waals surface area contributed by atoms with E-state index < -0.39 is 5.91 Å². The summed E-state index contributed by atoms with van der Waals surface area (Å²) in [5.41, 5.74) is 0.478. The van der Waals surface area contributed by atoms with E-state index in [9.17, 15) is 4.79 Å². The van der Waals surface area contributed by atoms with Gasteiger partial charge in [-0.3, -0.25) is 4.79 Å².